The molecule has 0 rings (SSSR count). The van der Waals surface area contributed by atoms with Gasteiger partial charge in [0.1, 0.15) is 0 Å². The lowest BCUT2D eigenvalue weighted by Gasteiger charge is -2.12. The van der Waals surface area contributed by atoms with Crippen molar-refractivity contribution in [1.29, 1.82) is 0 Å². The van der Waals surface area contributed by atoms with E-state index in [0.29, 0.717) is 6.04 Å². The summed E-state index contributed by atoms with van der Waals surface area (Å²) in [4.78, 5) is 0. The number of nitrogens with one attached hydrogen (secondary N) is 1. The Kier molecular flexibility index (Phi) is 9.73. The van der Waals surface area contributed by atoms with Crippen LogP contribution in [-0.4, -0.2) is 28.3 Å². The van der Waals surface area contributed by atoms with Gasteiger partial charge in [-0.25, -0.2) is 0 Å². The quantitative estimate of drug-likeness (QED) is 0.645. The van der Waals surface area contributed by atoms with E-state index >= 15 is 0 Å². The van der Waals surface area contributed by atoms with Crippen LogP contribution in [0.5, 0.6) is 0 Å². The molecule has 2 nitrogen and oxygen atoms in total. The zero-order chi connectivity index (χ0) is 10.8. The van der Waals surface area contributed by atoms with Gasteiger partial charge in [-0.1, -0.05) is 20.3 Å². The molecule has 0 aromatic rings. The van der Waals surface area contributed by atoms with Crippen LogP contribution in [0, 0.1) is 0 Å². The monoisotopic (exact) mass is 219 g/mol. The molecule has 0 radical (unpaired) electrons. The Labute approximate surface area is 91.3 Å². The molecule has 0 aromatic heterocycles. The lowest BCUT2D eigenvalue weighted by molar-refractivity contribution is 0.533. The molecular formula is C11H25NOS. The van der Waals surface area contributed by atoms with E-state index in [-0.39, 0.29) is 0 Å². The van der Waals surface area contributed by atoms with Crippen LogP contribution < -0.4 is 5.32 Å². The van der Waals surface area contributed by atoms with Crippen LogP contribution in [0.2, 0.25) is 0 Å². The fraction of sp³-hybridized carbons (Fsp3) is 1.00. The molecule has 0 aliphatic carbocycles. The molecule has 0 aliphatic heterocycles. The second kappa shape index (κ2) is 9.66. The third-order valence-corrected chi connectivity index (χ3v) is 3.68. The predicted molar refractivity (Wildman–Crippen MR) is 65.2 cm³/mol. The first-order valence-corrected chi connectivity index (χ1v) is 7.27. The van der Waals surface area contributed by atoms with Gasteiger partial charge >= 0.3 is 0 Å². The molecule has 0 bridgehead atoms. The minimum atomic E-state index is -0.586. The van der Waals surface area contributed by atoms with Gasteiger partial charge < -0.3 is 5.32 Å². The van der Waals surface area contributed by atoms with Crippen molar-refractivity contribution in [1.82, 2.24) is 5.32 Å². The van der Waals surface area contributed by atoms with Gasteiger partial charge in [0, 0.05) is 28.3 Å². The van der Waals surface area contributed by atoms with Gasteiger partial charge in [0.05, 0.1) is 0 Å². The van der Waals surface area contributed by atoms with Crippen molar-refractivity contribution in [2.45, 2.75) is 52.5 Å². The van der Waals surface area contributed by atoms with Gasteiger partial charge in [-0.3, -0.25) is 4.21 Å². The molecule has 0 saturated heterocycles. The maximum atomic E-state index is 11.5. The number of rotatable bonds is 9. The number of unbranched alkanes of at least 4 members (excludes halogenated alkanes) is 1. The molecule has 0 saturated carbocycles. The van der Waals surface area contributed by atoms with Crippen molar-refractivity contribution in [3.63, 3.8) is 0 Å². The van der Waals surface area contributed by atoms with Crippen LogP contribution in [-0.2, 0) is 10.8 Å². The normalized spacial score (nSPS) is 15.4. The topological polar surface area (TPSA) is 29.1 Å². The van der Waals surface area contributed by atoms with Crippen molar-refractivity contribution in [3.8, 4) is 0 Å². The molecule has 2 unspecified atom stereocenters. The summed E-state index contributed by atoms with van der Waals surface area (Å²) in [5.74, 6) is 1.74. The Balaban J connectivity index is 3.36. The van der Waals surface area contributed by atoms with Crippen LogP contribution >= 0.6 is 0 Å². The molecule has 3 heteroatoms. The van der Waals surface area contributed by atoms with Gasteiger partial charge in [0.25, 0.3) is 0 Å². The first-order chi connectivity index (χ1) is 6.70. The van der Waals surface area contributed by atoms with Crippen LogP contribution in [0.1, 0.15) is 46.5 Å². The fourth-order valence-corrected chi connectivity index (χ4v) is 2.64. The molecular weight excluding hydrogens is 194 g/mol. The molecule has 14 heavy (non-hydrogen) atoms. The highest BCUT2D eigenvalue weighted by Crippen LogP contribution is 1.97. The predicted octanol–water partition coefficient (Wildman–Crippen LogP) is 2.31. The molecule has 86 valence electrons. The third-order valence-electron chi connectivity index (χ3n) is 2.25. The standard InChI is InChI=1S/C11H25NOS/c1-4-6-9-14(13)10-7-11(3)12-8-5-2/h11-12H,4-10H2,1-3H3. The highest BCUT2D eigenvalue weighted by Gasteiger charge is 2.03. The van der Waals surface area contributed by atoms with Crippen LogP contribution in [0.25, 0.3) is 0 Å². The summed E-state index contributed by atoms with van der Waals surface area (Å²) in [6.07, 6.45) is 4.46. The van der Waals surface area contributed by atoms with Crippen molar-refractivity contribution >= 4 is 10.8 Å². The molecule has 0 aromatic carbocycles. The zero-order valence-electron chi connectivity index (χ0n) is 9.84. The second-order valence-electron chi connectivity index (χ2n) is 3.85. The minimum Gasteiger partial charge on any atom is -0.314 e. The Morgan fingerprint density at radius 2 is 1.93 bits per heavy atom. The Hall–Kier alpha value is 0.110. The van der Waals surface area contributed by atoms with Crippen molar-refractivity contribution in [2.24, 2.45) is 0 Å². The van der Waals surface area contributed by atoms with E-state index in [9.17, 15) is 4.21 Å². The van der Waals surface area contributed by atoms with Crippen molar-refractivity contribution in [3.05, 3.63) is 0 Å². The summed E-state index contributed by atoms with van der Waals surface area (Å²) >= 11 is 0. The van der Waals surface area contributed by atoms with E-state index in [4.69, 9.17) is 0 Å². The van der Waals surface area contributed by atoms with E-state index in [1.807, 2.05) is 0 Å². The molecule has 1 N–H and O–H groups in total. The highest BCUT2D eigenvalue weighted by atomic mass is 32.2. The molecule has 0 aliphatic rings. The lowest BCUT2D eigenvalue weighted by Crippen LogP contribution is -2.28. The lowest BCUT2D eigenvalue weighted by atomic mass is 10.2. The summed E-state index contributed by atoms with van der Waals surface area (Å²) in [5.41, 5.74) is 0. The SMILES string of the molecule is CCCCS(=O)CCC(C)NCCC. The Bertz CT molecular complexity index is 150. The minimum absolute atomic E-state index is 0.514. The van der Waals surface area contributed by atoms with Gasteiger partial charge in [0.15, 0.2) is 0 Å². The Morgan fingerprint density at radius 1 is 1.21 bits per heavy atom. The first kappa shape index (κ1) is 14.1. The number of hydrogen-bond donors (Lipinski definition) is 1. The van der Waals surface area contributed by atoms with Gasteiger partial charge in [0.2, 0.25) is 0 Å². The maximum absolute atomic E-state index is 11.5. The summed E-state index contributed by atoms with van der Waals surface area (Å²) < 4.78 is 11.5. The maximum Gasteiger partial charge on any atom is 0.0249 e. The fourth-order valence-electron chi connectivity index (χ4n) is 1.21. The van der Waals surface area contributed by atoms with E-state index < -0.39 is 10.8 Å². The molecule has 0 spiro atoms. The van der Waals surface area contributed by atoms with E-state index in [1.165, 1.54) is 6.42 Å². The smallest absolute Gasteiger partial charge is 0.0249 e. The molecule has 2 atom stereocenters. The van der Waals surface area contributed by atoms with Gasteiger partial charge in [-0.2, -0.15) is 0 Å². The third kappa shape index (κ3) is 8.70. The number of hydrogen-bond acceptors (Lipinski definition) is 2. The second-order valence-corrected chi connectivity index (χ2v) is 5.54. The summed E-state index contributed by atoms with van der Waals surface area (Å²) in [6, 6.07) is 0.514. The van der Waals surface area contributed by atoms with Gasteiger partial charge in [-0.05, 0) is 32.7 Å². The largest absolute Gasteiger partial charge is 0.314 e. The summed E-state index contributed by atoms with van der Waals surface area (Å²) in [6.45, 7) is 7.55. The van der Waals surface area contributed by atoms with Crippen LogP contribution in [0.4, 0.5) is 0 Å². The molecule has 0 fully saturated rings. The average Bonchev–Trinajstić information content (AvgIpc) is 2.20. The van der Waals surface area contributed by atoms with E-state index in [1.54, 1.807) is 0 Å². The van der Waals surface area contributed by atoms with Crippen molar-refractivity contribution in [2.75, 3.05) is 18.1 Å². The first-order valence-electron chi connectivity index (χ1n) is 5.79. The summed E-state index contributed by atoms with van der Waals surface area (Å²) in [7, 11) is -0.586. The van der Waals surface area contributed by atoms with Crippen molar-refractivity contribution < 1.29 is 4.21 Å². The van der Waals surface area contributed by atoms with E-state index in [2.05, 4.69) is 26.1 Å². The zero-order valence-corrected chi connectivity index (χ0v) is 10.7. The van der Waals surface area contributed by atoms with E-state index in [0.717, 1.165) is 37.3 Å². The summed E-state index contributed by atoms with van der Waals surface area (Å²) in [5, 5.41) is 3.41. The molecule has 0 heterocycles. The van der Waals surface area contributed by atoms with Gasteiger partial charge in [-0.15, -0.1) is 0 Å². The van der Waals surface area contributed by atoms with Crippen LogP contribution in [0.3, 0.4) is 0 Å². The van der Waals surface area contributed by atoms with Crippen LogP contribution in [0.15, 0.2) is 0 Å². The molecule has 0 amide bonds. The average molecular weight is 219 g/mol. The highest BCUT2D eigenvalue weighted by molar-refractivity contribution is 7.84. The Morgan fingerprint density at radius 3 is 2.50 bits per heavy atom.